The molecule has 49 heavy (non-hydrogen) atoms. The molecule has 6 rings (SSSR count). The number of ether oxygens (including phenoxy) is 1. The molecule has 3 aromatic rings. The summed E-state index contributed by atoms with van der Waals surface area (Å²) < 4.78 is 6.57. The summed E-state index contributed by atoms with van der Waals surface area (Å²) in [5.41, 5.74) is 1.63. The van der Waals surface area contributed by atoms with Crippen LogP contribution in [0.4, 0.5) is 0 Å². The van der Waals surface area contributed by atoms with Crippen molar-refractivity contribution in [1.29, 1.82) is 0 Å². The first kappa shape index (κ1) is 33.5. The Bertz CT molecular complexity index is 1760. The van der Waals surface area contributed by atoms with Gasteiger partial charge in [0.15, 0.2) is 17.3 Å². The summed E-state index contributed by atoms with van der Waals surface area (Å²) in [5, 5.41) is 13.4. The van der Waals surface area contributed by atoms with Crippen LogP contribution in [0.25, 0.3) is 0 Å². The molecule has 2 N–H and O–H groups in total. The third-order valence-electron chi connectivity index (χ3n) is 9.08. The number of amides is 4. The summed E-state index contributed by atoms with van der Waals surface area (Å²) in [6.45, 7) is 4.34. The molecule has 3 aliphatic heterocycles. The molecule has 3 aromatic carbocycles. The maximum Gasteiger partial charge on any atom is 0.256 e. The molecule has 0 unspecified atom stereocenters. The van der Waals surface area contributed by atoms with E-state index in [-0.39, 0.29) is 69.2 Å². The van der Waals surface area contributed by atoms with Crippen LogP contribution in [0.3, 0.4) is 0 Å². The van der Waals surface area contributed by atoms with Gasteiger partial charge in [0.2, 0.25) is 23.6 Å². The smallest absolute Gasteiger partial charge is 0.256 e. The maximum absolute atomic E-state index is 14.7. The molecule has 0 saturated heterocycles. The Kier molecular flexibility index (Phi) is 9.84. The zero-order chi connectivity index (χ0) is 34.4. The summed E-state index contributed by atoms with van der Waals surface area (Å²) in [6.07, 6.45) is 0.376. The summed E-state index contributed by atoms with van der Waals surface area (Å²) in [6, 6.07) is 27.0. The van der Waals surface area contributed by atoms with Crippen LogP contribution < -0.4 is 10.6 Å². The number of nitrogens with zero attached hydrogens (tertiary/aromatic N) is 5. The van der Waals surface area contributed by atoms with Gasteiger partial charge in [0.05, 0.1) is 13.1 Å². The number of carbonyl (C=O) groups excluding carboxylic acids is 4. The van der Waals surface area contributed by atoms with Crippen LogP contribution in [-0.4, -0.2) is 83.3 Å². The fourth-order valence-electron chi connectivity index (χ4n) is 6.32. The fourth-order valence-corrected chi connectivity index (χ4v) is 6.32. The number of fused-ring (bicyclic) bond motifs is 3. The van der Waals surface area contributed by atoms with Gasteiger partial charge < -0.3 is 25.2 Å². The molecule has 0 aromatic heterocycles. The first-order chi connectivity index (χ1) is 23.7. The highest BCUT2D eigenvalue weighted by Crippen LogP contribution is 2.46. The SMILES string of the molecule is CCN(CC(=O)NCCNC(=O)CN1Cc2ccccc2[C@@H]2OC(c3ccccc3)=N[C@]2(Cc2ccccc2)C1=O)C(=O)CCC1(C)N=N1. The maximum atomic E-state index is 14.7. The monoisotopic (exact) mass is 663 g/mol. The van der Waals surface area contributed by atoms with Crippen molar-refractivity contribution < 1.29 is 23.9 Å². The van der Waals surface area contributed by atoms with Crippen molar-refractivity contribution in [2.24, 2.45) is 15.2 Å². The van der Waals surface area contributed by atoms with Crippen molar-refractivity contribution >= 4 is 29.5 Å². The molecule has 4 amide bonds. The lowest BCUT2D eigenvalue weighted by Crippen LogP contribution is -2.52. The first-order valence-corrected chi connectivity index (χ1v) is 16.7. The second-order valence-corrected chi connectivity index (χ2v) is 12.8. The molecule has 12 nitrogen and oxygen atoms in total. The van der Waals surface area contributed by atoms with E-state index < -0.39 is 17.3 Å². The van der Waals surface area contributed by atoms with Crippen molar-refractivity contribution in [2.45, 2.75) is 57.0 Å². The molecule has 0 fully saturated rings. The van der Waals surface area contributed by atoms with Crippen LogP contribution in [-0.2, 0) is 36.9 Å². The minimum absolute atomic E-state index is 0.0752. The van der Waals surface area contributed by atoms with E-state index in [4.69, 9.17) is 9.73 Å². The Labute approximate surface area is 285 Å². The number of hydrogen-bond acceptors (Lipinski definition) is 8. The van der Waals surface area contributed by atoms with E-state index in [0.29, 0.717) is 18.9 Å². The highest BCUT2D eigenvalue weighted by molar-refractivity contribution is 6.02. The molecule has 0 bridgehead atoms. The van der Waals surface area contributed by atoms with Gasteiger partial charge in [0.1, 0.15) is 0 Å². The van der Waals surface area contributed by atoms with Crippen molar-refractivity contribution in [3.63, 3.8) is 0 Å². The molecule has 2 atom stereocenters. The molecule has 254 valence electrons. The van der Waals surface area contributed by atoms with Crippen LogP contribution in [0, 0.1) is 0 Å². The van der Waals surface area contributed by atoms with Crippen LogP contribution in [0.5, 0.6) is 0 Å². The van der Waals surface area contributed by atoms with E-state index in [9.17, 15) is 19.2 Å². The Balaban J connectivity index is 1.12. The molecule has 12 heteroatoms. The third-order valence-corrected chi connectivity index (χ3v) is 9.08. The van der Waals surface area contributed by atoms with E-state index in [1.807, 2.05) is 98.8 Å². The second-order valence-electron chi connectivity index (χ2n) is 12.8. The molecule has 3 aliphatic rings. The molecule has 3 heterocycles. The fraction of sp³-hybridized carbons (Fsp3) is 0.378. The van der Waals surface area contributed by atoms with Crippen molar-refractivity contribution in [3.05, 3.63) is 107 Å². The molecule has 0 saturated carbocycles. The minimum Gasteiger partial charge on any atom is -0.466 e. The van der Waals surface area contributed by atoms with E-state index in [1.165, 1.54) is 4.90 Å². The number of nitrogens with one attached hydrogen (secondary N) is 2. The van der Waals surface area contributed by atoms with Gasteiger partial charge >= 0.3 is 0 Å². The van der Waals surface area contributed by atoms with Crippen molar-refractivity contribution in [2.75, 3.05) is 32.7 Å². The molecule has 0 radical (unpaired) electrons. The molecule has 0 spiro atoms. The van der Waals surface area contributed by atoms with Crippen LogP contribution in [0.15, 0.2) is 100 Å². The Hall–Kier alpha value is -5.39. The number of benzene rings is 3. The van der Waals surface area contributed by atoms with Crippen molar-refractivity contribution in [3.8, 4) is 0 Å². The van der Waals surface area contributed by atoms with Gasteiger partial charge in [-0.15, -0.1) is 0 Å². The zero-order valence-corrected chi connectivity index (χ0v) is 27.8. The van der Waals surface area contributed by atoms with E-state index in [0.717, 1.165) is 22.3 Å². The largest absolute Gasteiger partial charge is 0.466 e. The molecular weight excluding hydrogens is 622 g/mol. The average molecular weight is 664 g/mol. The first-order valence-electron chi connectivity index (χ1n) is 16.7. The van der Waals surface area contributed by atoms with Crippen LogP contribution >= 0.6 is 0 Å². The predicted molar refractivity (Wildman–Crippen MR) is 182 cm³/mol. The predicted octanol–water partition coefficient (Wildman–Crippen LogP) is 3.57. The zero-order valence-electron chi connectivity index (χ0n) is 27.8. The lowest BCUT2D eigenvalue weighted by Gasteiger charge is -2.32. The van der Waals surface area contributed by atoms with Gasteiger partial charge in [0, 0.05) is 56.6 Å². The number of carbonyl (C=O) groups is 4. The van der Waals surface area contributed by atoms with Crippen LogP contribution in [0.1, 0.15) is 55.0 Å². The average Bonchev–Trinajstić information content (AvgIpc) is 3.76. The Morgan fingerprint density at radius 2 is 1.57 bits per heavy atom. The second kappa shape index (κ2) is 14.4. The van der Waals surface area contributed by atoms with Gasteiger partial charge in [-0.25, -0.2) is 4.99 Å². The standard InChI is InChI=1S/C37H41N7O5/c1-3-43(32(47)18-19-36(2)41-42-36)24-30(45)38-20-21-39-31(46)25-44-23-28-16-10-11-17-29(28)33-37(35(44)48,22-26-12-6-4-7-13-26)40-34(49-33)27-14-8-5-9-15-27/h4-17,33H,3,18-25H2,1-2H3,(H,38,45)(H,39,46)/t33-,37-/m0/s1. The third kappa shape index (κ3) is 7.69. The number of rotatable bonds is 14. The van der Waals surface area contributed by atoms with Gasteiger partial charge in [0.25, 0.3) is 5.91 Å². The van der Waals surface area contributed by atoms with Gasteiger partial charge in [-0.3, -0.25) is 19.2 Å². The number of hydrogen-bond donors (Lipinski definition) is 2. The lowest BCUT2D eigenvalue weighted by atomic mass is 9.81. The van der Waals surface area contributed by atoms with E-state index >= 15 is 0 Å². The van der Waals surface area contributed by atoms with E-state index in [1.54, 1.807) is 4.90 Å². The molecule has 0 aliphatic carbocycles. The highest BCUT2D eigenvalue weighted by Gasteiger charge is 2.57. The Morgan fingerprint density at radius 1 is 0.918 bits per heavy atom. The Morgan fingerprint density at radius 3 is 2.27 bits per heavy atom. The minimum atomic E-state index is -1.34. The lowest BCUT2D eigenvalue weighted by molar-refractivity contribution is -0.142. The molecular formula is C37H41N7O5. The van der Waals surface area contributed by atoms with Crippen molar-refractivity contribution in [1.82, 2.24) is 20.4 Å². The number of likely N-dealkylation sites (N-methyl/N-ethyl adjacent to an activating group) is 1. The van der Waals surface area contributed by atoms with E-state index in [2.05, 4.69) is 20.9 Å². The van der Waals surface area contributed by atoms with Gasteiger partial charge in [-0.05, 0) is 37.1 Å². The summed E-state index contributed by atoms with van der Waals surface area (Å²) in [5.74, 6) is -0.729. The van der Waals surface area contributed by atoms with Gasteiger partial charge in [-0.2, -0.15) is 10.2 Å². The normalized spacial score (nSPS) is 19.9. The summed E-state index contributed by atoms with van der Waals surface area (Å²) in [7, 11) is 0. The topological polar surface area (TPSA) is 145 Å². The number of aliphatic imine (C=N–C) groups is 1. The highest BCUT2D eigenvalue weighted by atomic mass is 16.5. The van der Waals surface area contributed by atoms with Crippen LogP contribution in [0.2, 0.25) is 0 Å². The van der Waals surface area contributed by atoms with Gasteiger partial charge in [-0.1, -0.05) is 72.8 Å². The quantitative estimate of drug-likeness (QED) is 0.254. The summed E-state index contributed by atoms with van der Waals surface area (Å²) in [4.78, 5) is 61.2. The summed E-state index contributed by atoms with van der Waals surface area (Å²) >= 11 is 0.